The van der Waals surface area contributed by atoms with E-state index in [2.05, 4.69) is 45.2 Å². The summed E-state index contributed by atoms with van der Waals surface area (Å²) in [6.07, 6.45) is 0. The van der Waals surface area contributed by atoms with Gasteiger partial charge in [-0.05, 0) is 30.2 Å². The van der Waals surface area contributed by atoms with Crippen molar-refractivity contribution in [3.05, 3.63) is 28.7 Å². The summed E-state index contributed by atoms with van der Waals surface area (Å²) in [5.41, 5.74) is 6.75. The Balaban J connectivity index is 2.21. The van der Waals surface area contributed by atoms with Crippen LogP contribution < -0.4 is 11.1 Å². The Labute approximate surface area is 115 Å². The molecule has 0 amide bonds. The van der Waals surface area contributed by atoms with Gasteiger partial charge in [0.2, 0.25) is 11.9 Å². The molecule has 18 heavy (non-hydrogen) atoms. The third-order valence-electron chi connectivity index (χ3n) is 2.37. The van der Waals surface area contributed by atoms with Crippen LogP contribution >= 0.6 is 15.9 Å². The number of hydrogen-bond acceptors (Lipinski definition) is 4. The summed E-state index contributed by atoms with van der Waals surface area (Å²) in [7, 11) is 0. The lowest BCUT2D eigenvalue weighted by atomic mass is 10.2. The molecule has 5 nitrogen and oxygen atoms in total. The maximum atomic E-state index is 5.86. The summed E-state index contributed by atoms with van der Waals surface area (Å²) < 4.78 is 2.64. The summed E-state index contributed by atoms with van der Waals surface area (Å²) in [6, 6.07) is 7.75. The molecule has 0 bridgehead atoms. The maximum Gasteiger partial charge on any atom is 0.244 e. The second-order valence-electron chi connectivity index (χ2n) is 4.46. The number of benzene rings is 1. The van der Waals surface area contributed by atoms with Gasteiger partial charge in [0.25, 0.3) is 0 Å². The van der Waals surface area contributed by atoms with E-state index in [4.69, 9.17) is 5.73 Å². The van der Waals surface area contributed by atoms with E-state index in [9.17, 15) is 0 Å². The fourth-order valence-corrected chi connectivity index (χ4v) is 1.73. The molecule has 0 unspecified atom stereocenters. The van der Waals surface area contributed by atoms with Gasteiger partial charge in [0.15, 0.2) is 0 Å². The number of nitrogens with two attached hydrogens (primary N) is 1. The Kier molecular flexibility index (Phi) is 3.86. The minimum atomic E-state index is 0.378. The van der Waals surface area contributed by atoms with Crippen LogP contribution in [0.1, 0.15) is 13.8 Å². The number of anilines is 2. The fourth-order valence-electron chi connectivity index (χ4n) is 1.47. The van der Waals surface area contributed by atoms with Crippen LogP contribution in [0.5, 0.6) is 0 Å². The zero-order valence-electron chi connectivity index (χ0n) is 10.4. The highest BCUT2D eigenvalue weighted by molar-refractivity contribution is 9.10. The van der Waals surface area contributed by atoms with Gasteiger partial charge in [-0.15, -0.1) is 5.10 Å². The molecular weight excluding hydrogens is 294 g/mol. The van der Waals surface area contributed by atoms with E-state index >= 15 is 0 Å². The molecule has 6 heteroatoms. The zero-order chi connectivity index (χ0) is 13.1. The first kappa shape index (κ1) is 12.9. The molecule has 0 saturated carbocycles. The summed E-state index contributed by atoms with van der Waals surface area (Å²) in [5, 5.41) is 7.49. The Morgan fingerprint density at radius 1 is 1.33 bits per heavy atom. The van der Waals surface area contributed by atoms with E-state index in [1.54, 1.807) is 4.68 Å². The van der Waals surface area contributed by atoms with Gasteiger partial charge in [0.1, 0.15) is 0 Å². The molecular formula is C12H16BrN5. The first-order valence-electron chi connectivity index (χ1n) is 5.78. The lowest BCUT2D eigenvalue weighted by Gasteiger charge is -2.04. The van der Waals surface area contributed by atoms with Gasteiger partial charge in [-0.3, -0.25) is 0 Å². The van der Waals surface area contributed by atoms with E-state index < -0.39 is 0 Å². The molecule has 3 N–H and O–H groups in total. The molecule has 0 atom stereocenters. The number of aromatic nitrogens is 3. The van der Waals surface area contributed by atoms with Crippen molar-refractivity contribution in [3.63, 3.8) is 0 Å². The molecule has 1 heterocycles. The highest BCUT2D eigenvalue weighted by Gasteiger charge is 2.08. The second-order valence-corrected chi connectivity index (χ2v) is 5.37. The molecule has 0 aliphatic rings. The molecule has 0 radical (unpaired) electrons. The van der Waals surface area contributed by atoms with Crippen LogP contribution in [-0.4, -0.2) is 21.3 Å². The molecule has 2 rings (SSSR count). The van der Waals surface area contributed by atoms with E-state index in [1.165, 1.54) is 0 Å². The van der Waals surface area contributed by atoms with E-state index in [-0.39, 0.29) is 0 Å². The van der Waals surface area contributed by atoms with Gasteiger partial charge in [0.05, 0.1) is 5.69 Å². The van der Waals surface area contributed by atoms with E-state index in [0.717, 1.165) is 16.7 Å². The predicted molar refractivity (Wildman–Crippen MR) is 76.8 cm³/mol. The summed E-state index contributed by atoms with van der Waals surface area (Å²) in [6.45, 7) is 5.08. The number of halogens is 1. The van der Waals surface area contributed by atoms with Gasteiger partial charge in [-0.2, -0.15) is 9.67 Å². The number of hydrogen-bond donors (Lipinski definition) is 2. The Morgan fingerprint density at radius 2 is 2.00 bits per heavy atom. The van der Waals surface area contributed by atoms with Crippen molar-refractivity contribution in [2.45, 2.75) is 13.8 Å². The van der Waals surface area contributed by atoms with Crippen LogP contribution in [-0.2, 0) is 0 Å². The first-order chi connectivity index (χ1) is 8.56. The molecule has 96 valence electrons. The smallest absolute Gasteiger partial charge is 0.244 e. The predicted octanol–water partition coefficient (Wildman–Crippen LogP) is 2.68. The SMILES string of the molecule is CC(C)CNc1nc(N)n(-c2ccc(Br)cc2)n1. The topological polar surface area (TPSA) is 68.8 Å². The zero-order valence-corrected chi connectivity index (χ0v) is 12.0. The molecule has 0 fully saturated rings. The second kappa shape index (κ2) is 5.39. The lowest BCUT2D eigenvalue weighted by Crippen LogP contribution is -2.09. The molecule has 2 aromatic rings. The van der Waals surface area contributed by atoms with E-state index in [0.29, 0.717) is 17.8 Å². The number of nitrogens with zero attached hydrogens (tertiary/aromatic N) is 3. The van der Waals surface area contributed by atoms with Crippen molar-refractivity contribution in [2.75, 3.05) is 17.6 Å². The number of rotatable bonds is 4. The molecule has 0 aliphatic carbocycles. The van der Waals surface area contributed by atoms with Crippen molar-refractivity contribution in [1.82, 2.24) is 14.8 Å². The van der Waals surface area contributed by atoms with E-state index in [1.807, 2.05) is 24.3 Å². The third-order valence-corrected chi connectivity index (χ3v) is 2.90. The van der Waals surface area contributed by atoms with Crippen LogP contribution in [0.15, 0.2) is 28.7 Å². The molecule has 0 saturated heterocycles. The van der Waals surface area contributed by atoms with Gasteiger partial charge in [0, 0.05) is 11.0 Å². The van der Waals surface area contributed by atoms with Crippen LogP contribution in [0.2, 0.25) is 0 Å². The lowest BCUT2D eigenvalue weighted by molar-refractivity contribution is 0.684. The standard InChI is InChI=1S/C12H16BrN5/c1-8(2)7-15-12-16-11(14)18(17-12)10-5-3-9(13)4-6-10/h3-6,8H,7H2,1-2H3,(H3,14,15,16,17). The summed E-state index contributed by atoms with van der Waals surface area (Å²) >= 11 is 3.39. The normalized spacial score (nSPS) is 10.9. The van der Waals surface area contributed by atoms with Crippen molar-refractivity contribution in [3.8, 4) is 5.69 Å². The fraction of sp³-hybridized carbons (Fsp3) is 0.333. The maximum absolute atomic E-state index is 5.86. The minimum absolute atomic E-state index is 0.378. The highest BCUT2D eigenvalue weighted by Crippen LogP contribution is 2.17. The number of nitrogens with one attached hydrogen (secondary N) is 1. The van der Waals surface area contributed by atoms with Crippen molar-refractivity contribution in [1.29, 1.82) is 0 Å². The molecule has 0 spiro atoms. The Hall–Kier alpha value is -1.56. The number of nitrogen functional groups attached to an aromatic ring is 1. The van der Waals surface area contributed by atoms with Crippen LogP contribution in [0.4, 0.5) is 11.9 Å². The van der Waals surface area contributed by atoms with Crippen LogP contribution in [0.25, 0.3) is 5.69 Å². The largest absolute Gasteiger partial charge is 0.368 e. The molecule has 1 aromatic carbocycles. The third kappa shape index (κ3) is 3.01. The minimum Gasteiger partial charge on any atom is -0.368 e. The summed E-state index contributed by atoms with van der Waals surface area (Å²) in [4.78, 5) is 4.19. The van der Waals surface area contributed by atoms with Crippen LogP contribution in [0, 0.1) is 5.92 Å². The average Bonchev–Trinajstić information content (AvgIpc) is 2.69. The van der Waals surface area contributed by atoms with Gasteiger partial charge >= 0.3 is 0 Å². The van der Waals surface area contributed by atoms with Crippen LogP contribution in [0.3, 0.4) is 0 Å². The monoisotopic (exact) mass is 309 g/mol. The molecule has 0 aliphatic heterocycles. The van der Waals surface area contributed by atoms with Gasteiger partial charge < -0.3 is 11.1 Å². The van der Waals surface area contributed by atoms with Crippen molar-refractivity contribution < 1.29 is 0 Å². The Bertz CT molecular complexity index is 518. The van der Waals surface area contributed by atoms with Gasteiger partial charge in [-0.25, -0.2) is 0 Å². The molecule has 1 aromatic heterocycles. The first-order valence-corrected chi connectivity index (χ1v) is 6.58. The highest BCUT2D eigenvalue weighted by atomic mass is 79.9. The van der Waals surface area contributed by atoms with Crippen molar-refractivity contribution in [2.24, 2.45) is 5.92 Å². The van der Waals surface area contributed by atoms with Crippen molar-refractivity contribution >= 4 is 27.8 Å². The quantitative estimate of drug-likeness (QED) is 0.911. The summed E-state index contributed by atoms with van der Waals surface area (Å²) in [5.74, 6) is 1.47. The Morgan fingerprint density at radius 3 is 2.61 bits per heavy atom. The average molecular weight is 310 g/mol. The van der Waals surface area contributed by atoms with Gasteiger partial charge in [-0.1, -0.05) is 29.8 Å².